The lowest BCUT2D eigenvalue weighted by atomic mass is 10.0. The highest BCUT2D eigenvalue weighted by atomic mass is 16.5. The molecule has 0 aliphatic heterocycles. The van der Waals surface area contributed by atoms with E-state index >= 15 is 0 Å². The summed E-state index contributed by atoms with van der Waals surface area (Å²) in [4.78, 5) is 11.7. The summed E-state index contributed by atoms with van der Waals surface area (Å²) in [7, 11) is 1.57. The predicted molar refractivity (Wildman–Crippen MR) is 112 cm³/mol. The highest BCUT2D eigenvalue weighted by Crippen LogP contribution is 2.22. The zero-order valence-corrected chi connectivity index (χ0v) is 16.1. The lowest BCUT2D eigenvalue weighted by molar-refractivity contribution is -0.130. The molecule has 3 aromatic carbocycles. The number of methoxy groups -OCH3 is 1. The number of carboxylic acid groups (broad SMARTS) is 1. The molecule has 3 rings (SSSR count). The molecule has 5 nitrogen and oxygen atoms in total. The number of rotatable bonds is 9. The first kappa shape index (κ1) is 20.0. The van der Waals surface area contributed by atoms with Crippen LogP contribution < -0.4 is 14.2 Å². The van der Waals surface area contributed by atoms with Crippen LogP contribution in [0.15, 0.2) is 78.9 Å². The lowest BCUT2D eigenvalue weighted by Gasteiger charge is -2.09. The van der Waals surface area contributed by atoms with Crippen LogP contribution in [-0.2, 0) is 4.79 Å². The molecule has 0 aromatic heterocycles. The maximum atomic E-state index is 11.7. The van der Waals surface area contributed by atoms with Crippen LogP contribution in [0.2, 0.25) is 0 Å². The molecule has 0 bridgehead atoms. The highest BCUT2D eigenvalue weighted by Gasteiger charge is 2.10. The molecule has 0 heterocycles. The van der Waals surface area contributed by atoms with Crippen molar-refractivity contribution in [2.45, 2.75) is 0 Å². The standard InChI is InChI=1S/C24H22O5/c1-27-20-13-9-19(10-14-20)23(24(25)26)17-18-7-11-22(12-8-18)29-16-15-28-21-5-3-2-4-6-21/h2-14,17H,15-16H2,1H3,(H,25,26)/b23-17+. The van der Waals surface area contributed by atoms with Crippen LogP contribution in [0.3, 0.4) is 0 Å². The minimum absolute atomic E-state index is 0.206. The third-order valence-corrected chi connectivity index (χ3v) is 4.19. The Kier molecular flexibility index (Phi) is 6.90. The number of benzene rings is 3. The third kappa shape index (κ3) is 5.87. The van der Waals surface area contributed by atoms with Gasteiger partial charge in [0.1, 0.15) is 30.5 Å². The molecule has 0 fully saturated rings. The first-order valence-corrected chi connectivity index (χ1v) is 9.16. The number of hydrogen-bond acceptors (Lipinski definition) is 4. The van der Waals surface area contributed by atoms with E-state index in [0.717, 1.165) is 11.3 Å². The van der Waals surface area contributed by atoms with E-state index in [1.54, 1.807) is 37.5 Å². The molecule has 0 saturated heterocycles. The first-order chi connectivity index (χ1) is 14.2. The van der Waals surface area contributed by atoms with Gasteiger partial charge in [-0.25, -0.2) is 4.79 Å². The van der Waals surface area contributed by atoms with Gasteiger partial charge in [-0.3, -0.25) is 0 Å². The predicted octanol–water partition coefficient (Wildman–Crippen LogP) is 4.78. The Hall–Kier alpha value is -3.73. The monoisotopic (exact) mass is 390 g/mol. The second-order valence-corrected chi connectivity index (χ2v) is 6.17. The van der Waals surface area contributed by atoms with Crippen molar-refractivity contribution in [3.63, 3.8) is 0 Å². The van der Waals surface area contributed by atoms with Crippen LogP contribution in [0.1, 0.15) is 11.1 Å². The smallest absolute Gasteiger partial charge is 0.336 e. The second kappa shape index (κ2) is 9.99. The number of ether oxygens (including phenoxy) is 3. The van der Waals surface area contributed by atoms with Crippen LogP contribution in [-0.4, -0.2) is 31.4 Å². The van der Waals surface area contributed by atoms with Gasteiger partial charge in [0.05, 0.1) is 12.7 Å². The second-order valence-electron chi connectivity index (χ2n) is 6.17. The Morgan fingerprint density at radius 2 is 1.34 bits per heavy atom. The van der Waals surface area contributed by atoms with Gasteiger partial charge in [0.25, 0.3) is 0 Å². The van der Waals surface area contributed by atoms with Gasteiger partial charge in [-0.15, -0.1) is 0 Å². The fraction of sp³-hybridized carbons (Fsp3) is 0.125. The molecule has 29 heavy (non-hydrogen) atoms. The molecular formula is C24H22O5. The Labute approximate surface area is 169 Å². The van der Waals surface area contributed by atoms with Gasteiger partial charge in [0, 0.05) is 0 Å². The average Bonchev–Trinajstić information content (AvgIpc) is 2.76. The zero-order valence-electron chi connectivity index (χ0n) is 16.1. The maximum Gasteiger partial charge on any atom is 0.336 e. The number of carbonyl (C=O) groups is 1. The van der Waals surface area contributed by atoms with E-state index in [9.17, 15) is 9.90 Å². The van der Waals surface area contributed by atoms with Crippen molar-refractivity contribution in [1.82, 2.24) is 0 Å². The number of para-hydroxylation sites is 1. The zero-order chi connectivity index (χ0) is 20.5. The summed E-state index contributed by atoms with van der Waals surface area (Å²) in [6, 6.07) is 23.7. The number of carboxylic acids is 1. The minimum atomic E-state index is -0.992. The Bertz CT molecular complexity index is 945. The van der Waals surface area contributed by atoms with Gasteiger partial charge in [-0.2, -0.15) is 0 Å². The van der Waals surface area contributed by atoms with Gasteiger partial charge in [-0.1, -0.05) is 42.5 Å². The third-order valence-electron chi connectivity index (χ3n) is 4.19. The molecular weight excluding hydrogens is 368 g/mol. The quantitative estimate of drug-likeness (QED) is 0.324. The summed E-state index contributed by atoms with van der Waals surface area (Å²) in [5.74, 6) is 1.18. The normalized spacial score (nSPS) is 11.0. The Balaban J connectivity index is 1.60. The number of hydrogen-bond donors (Lipinski definition) is 1. The first-order valence-electron chi connectivity index (χ1n) is 9.16. The molecule has 3 aromatic rings. The maximum absolute atomic E-state index is 11.7. The van der Waals surface area contributed by atoms with Crippen molar-refractivity contribution in [1.29, 1.82) is 0 Å². The summed E-state index contributed by atoms with van der Waals surface area (Å²) < 4.78 is 16.4. The van der Waals surface area contributed by atoms with Gasteiger partial charge in [0.15, 0.2) is 0 Å². The van der Waals surface area contributed by atoms with Crippen molar-refractivity contribution in [2.24, 2.45) is 0 Å². The minimum Gasteiger partial charge on any atom is -0.497 e. The van der Waals surface area contributed by atoms with E-state index in [1.165, 1.54) is 0 Å². The fourth-order valence-corrected chi connectivity index (χ4v) is 2.70. The van der Waals surface area contributed by atoms with Gasteiger partial charge >= 0.3 is 5.97 Å². The van der Waals surface area contributed by atoms with Crippen molar-refractivity contribution < 1.29 is 24.1 Å². The van der Waals surface area contributed by atoms with Crippen LogP contribution in [0, 0.1) is 0 Å². The molecule has 1 N–H and O–H groups in total. The van der Waals surface area contributed by atoms with Crippen molar-refractivity contribution in [3.05, 3.63) is 90.0 Å². The summed E-state index contributed by atoms with van der Waals surface area (Å²) in [5.41, 5.74) is 1.58. The molecule has 148 valence electrons. The SMILES string of the molecule is COc1ccc(/C(=C\c2ccc(OCCOc3ccccc3)cc2)C(=O)O)cc1. The highest BCUT2D eigenvalue weighted by molar-refractivity contribution is 6.20. The Morgan fingerprint density at radius 1 is 0.793 bits per heavy atom. The number of aliphatic carboxylic acids is 1. The molecule has 0 amide bonds. The van der Waals surface area contributed by atoms with E-state index in [0.29, 0.717) is 30.3 Å². The lowest BCUT2D eigenvalue weighted by Crippen LogP contribution is -2.08. The van der Waals surface area contributed by atoms with Crippen molar-refractivity contribution in [3.8, 4) is 17.2 Å². The van der Waals surface area contributed by atoms with Crippen molar-refractivity contribution in [2.75, 3.05) is 20.3 Å². The van der Waals surface area contributed by atoms with E-state index in [-0.39, 0.29) is 5.57 Å². The molecule has 0 saturated carbocycles. The molecule has 5 heteroatoms. The molecule has 0 unspecified atom stereocenters. The van der Waals surface area contributed by atoms with Gasteiger partial charge < -0.3 is 19.3 Å². The summed E-state index contributed by atoms with van der Waals surface area (Å²) in [6.07, 6.45) is 1.63. The van der Waals surface area contributed by atoms with Crippen LogP contribution >= 0.6 is 0 Å². The fourth-order valence-electron chi connectivity index (χ4n) is 2.70. The van der Waals surface area contributed by atoms with Crippen LogP contribution in [0.4, 0.5) is 0 Å². The van der Waals surface area contributed by atoms with Gasteiger partial charge in [-0.05, 0) is 53.6 Å². The van der Waals surface area contributed by atoms with Gasteiger partial charge in [0.2, 0.25) is 0 Å². The van der Waals surface area contributed by atoms with Crippen LogP contribution in [0.25, 0.3) is 11.6 Å². The van der Waals surface area contributed by atoms with E-state index in [1.807, 2.05) is 54.6 Å². The Morgan fingerprint density at radius 3 is 1.90 bits per heavy atom. The molecule has 0 radical (unpaired) electrons. The molecule has 0 aliphatic rings. The molecule has 0 aliphatic carbocycles. The van der Waals surface area contributed by atoms with Crippen LogP contribution in [0.5, 0.6) is 17.2 Å². The summed E-state index contributed by atoms with van der Waals surface area (Å²) in [5, 5.41) is 9.57. The van der Waals surface area contributed by atoms with E-state index in [4.69, 9.17) is 14.2 Å². The largest absolute Gasteiger partial charge is 0.497 e. The van der Waals surface area contributed by atoms with E-state index < -0.39 is 5.97 Å². The summed E-state index contributed by atoms with van der Waals surface area (Å²) >= 11 is 0. The van der Waals surface area contributed by atoms with Crippen molar-refractivity contribution >= 4 is 17.6 Å². The average molecular weight is 390 g/mol. The summed E-state index contributed by atoms with van der Waals surface area (Å²) in [6.45, 7) is 0.850. The topological polar surface area (TPSA) is 65.0 Å². The molecule has 0 atom stereocenters. The van der Waals surface area contributed by atoms with E-state index in [2.05, 4.69) is 0 Å². The molecule has 0 spiro atoms.